The predicted molar refractivity (Wildman–Crippen MR) is 96.8 cm³/mol. The molecule has 0 atom stereocenters. The van der Waals surface area contributed by atoms with Gasteiger partial charge in [0.15, 0.2) is 5.78 Å². The number of methoxy groups -OCH3 is 1. The number of nitrogens with zero attached hydrogens (tertiary/aromatic N) is 1. The van der Waals surface area contributed by atoms with Crippen LogP contribution in [0.3, 0.4) is 0 Å². The van der Waals surface area contributed by atoms with E-state index in [4.69, 9.17) is 4.74 Å². The molecule has 26 heavy (non-hydrogen) atoms. The number of amides is 2. The second kappa shape index (κ2) is 8.61. The fourth-order valence-corrected chi connectivity index (χ4v) is 2.24. The number of aryl methyl sites for hydroxylation is 1. The van der Waals surface area contributed by atoms with Gasteiger partial charge >= 0.3 is 6.03 Å². The lowest BCUT2D eigenvalue weighted by molar-refractivity contribution is -0.384. The Bertz CT molecular complexity index is 818. The zero-order valence-electron chi connectivity index (χ0n) is 14.4. The van der Waals surface area contributed by atoms with Crippen LogP contribution < -0.4 is 15.4 Å². The molecule has 2 aromatic carbocycles. The molecule has 0 bridgehead atoms. The number of non-ortho nitro benzene ring substituents is 1. The van der Waals surface area contributed by atoms with Crippen LogP contribution in [0.4, 0.5) is 16.2 Å². The second-order valence-electron chi connectivity index (χ2n) is 5.56. The first-order valence-electron chi connectivity index (χ1n) is 7.88. The minimum atomic E-state index is -0.553. The van der Waals surface area contributed by atoms with E-state index in [-0.39, 0.29) is 30.2 Å². The predicted octanol–water partition coefficient (Wildman–Crippen LogP) is 3.31. The second-order valence-corrected chi connectivity index (χ2v) is 5.56. The Hall–Kier alpha value is -3.42. The van der Waals surface area contributed by atoms with E-state index in [2.05, 4.69) is 10.6 Å². The summed E-state index contributed by atoms with van der Waals surface area (Å²) < 4.78 is 5.05. The third kappa shape index (κ3) is 5.04. The van der Waals surface area contributed by atoms with Gasteiger partial charge in [0.25, 0.3) is 5.69 Å². The summed E-state index contributed by atoms with van der Waals surface area (Å²) in [5.74, 6) is 0.100. The van der Waals surface area contributed by atoms with Crippen LogP contribution in [-0.2, 0) is 0 Å². The molecule has 2 aromatic rings. The van der Waals surface area contributed by atoms with Gasteiger partial charge in [-0.15, -0.1) is 0 Å². The van der Waals surface area contributed by atoms with Crippen LogP contribution in [0.1, 0.15) is 22.3 Å². The smallest absolute Gasteiger partial charge is 0.319 e. The highest BCUT2D eigenvalue weighted by Crippen LogP contribution is 2.28. The van der Waals surface area contributed by atoms with Gasteiger partial charge in [-0.05, 0) is 13.0 Å². The molecule has 8 nitrogen and oxygen atoms in total. The number of hydrogen-bond acceptors (Lipinski definition) is 5. The minimum absolute atomic E-state index is 0.0711. The highest BCUT2D eigenvalue weighted by molar-refractivity contribution is 5.97. The molecule has 0 aliphatic carbocycles. The number of nitro groups is 1. The zero-order valence-corrected chi connectivity index (χ0v) is 14.4. The fraction of sp³-hybridized carbons (Fsp3) is 0.222. The van der Waals surface area contributed by atoms with Crippen molar-refractivity contribution in [3.05, 3.63) is 63.7 Å². The summed E-state index contributed by atoms with van der Waals surface area (Å²) in [5.41, 5.74) is 1.81. The zero-order chi connectivity index (χ0) is 19.1. The number of anilines is 1. The van der Waals surface area contributed by atoms with Crippen LogP contribution in [0, 0.1) is 17.0 Å². The van der Waals surface area contributed by atoms with Crippen LogP contribution in [0.25, 0.3) is 0 Å². The van der Waals surface area contributed by atoms with Crippen molar-refractivity contribution in [2.24, 2.45) is 0 Å². The monoisotopic (exact) mass is 357 g/mol. The quantitative estimate of drug-likeness (QED) is 0.449. The van der Waals surface area contributed by atoms with E-state index in [0.29, 0.717) is 11.3 Å². The fourth-order valence-electron chi connectivity index (χ4n) is 2.24. The Morgan fingerprint density at radius 2 is 1.85 bits per heavy atom. The van der Waals surface area contributed by atoms with Crippen molar-refractivity contribution in [2.45, 2.75) is 13.3 Å². The van der Waals surface area contributed by atoms with Crippen LogP contribution in [0.5, 0.6) is 5.75 Å². The molecule has 8 heteroatoms. The molecule has 0 spiro atoms. The van der Waals surface area contributed by atoms with Gasteiger partial charge in [-0.25, -0.2) is 4.79 Å². The number of ether oxygens (including phenoxy) is 1. The maximum absolute atomic E-state index is 12.0. The molecular weight excluding hydrogens is 338 g/mol. The molecule has 0 aromatic heterocycles. The summed E-state index contributed by atoms with van der Waals surface area (Å²) >= 11 is 0. The summed E-state index contributed by atoms with van der Waals surface area (Å²) in [7, 11) is 1.35. The van der Waals surface area contributed by atoms with Gasteiger partial charge in [-0.2, -0.15) is 0 Å². The lowest BCUT2D eigenvalue weighted by atomic mass is 10.1. The van der Waals surface area contributed by atoms with Crippen molar-refractivity contribution in [3.8, 4) is 5.75 Å². The number of carbonyl (C=O) groups excluding carboxylic acids is 2. The van der Waals surface area contributed by atoms with Gasteiger partial charge in [0.1, 0.15) is 5.75 Å². The lowest BCUT2D eigenvalue weighted by Crippen LogP contribution is -2.30. The Balaban J connectivity index is 1.88. The summed E-state index contributed by atoms with van der Waals surface area (Å²) in [6.07, 6.45) is 0.161. The van der Waals surface area contributed by atoms with Gasteiger partial charge in [-0.3, -0.25) is 14.9 Å². The lowest BCUT2D eigenvalue weighted by Gasteiger charge is -2.11. The molecule has 0 aliphatic heterocycles. The number of benzene rings is 2. The number of nitro benzene ring substituents is 1. The average molecular weight is 357 g/mol. The van der Waals surface area contributed by atoms with Gasteiger partial charge in [0.05, 0.1) is 23.8 Å². The molecule has 2 rings (SSSR count). The Labute approximate surface area is 150 Å². The normalized spacial score (nSPS) is 10.1. The number of ketones is 1. The van der Waals surface area contributed by atoms with Crippen molar-refractivity contribution in [1.29, 1.82) is 0 Å². The van der Waals surface area contributed by atoms with Crippen LogP contribution in [0.2, 0.25) is 0 Å². The topological polar surface area (TPSA) is 111 Å². The number of nitrogens with one attached hydrogen (secondary N) is 2. The maximum Gasteiger partial charge on any atom is 0.319 e. The molecule has 0 saturated heterocycles. The van der Waals surface area contributed by atoms with Gasteiger partial charge < -0.3 is 15.4 Å². The maximum atomic E-state index is 12.0. The van der Waals surface area contributed by atoms with Crippen molar-refractivity contribution in [2.75, 3.05) is 19.0 Å². The third-order valence-corrected chi connectivity index (χ3v) is 3.66. The molecule has 0 saturated carbocycles. The van der Waals surface area contributed by atoms with Crippen molar-refractivity contribution in [3.63, 3.8) is 0 Å². The highest BCUT2D eigenvalue weighted by Gasteiger charge is 2.13. The Kier molecular flexibility index (Phi) is 6.26. The van der Waals surface area contributed by atoms with Crippen LogP contribution >= 0.6 is 0 Å². The third-order valence-electron chi connectivity index (χ3n) is 3.66. The molecular formula is C18H19N3O5. The first kappa shape index (κ1) is 18.9. The molecule has 0 radical (unpaired) electrons. The summed E-state index contributed by atoms with van der Waals surface area (Å²) in [6.45, 7) is 2.10. The first-order valence-corrected chi connectivity index (χ1v) is 7.88. The van der Waals surface area contributed by atoms with Gasteiger partial charge in [0.2, 0.25) is 0 Å². The van der Waals surface area contributed by atoms with Crippen molar-refractivity contribution < 1.29 is 19.2 Å². The van der Waals surface area contributed by atoms with Crippen LogP contribution in [-0.4, -0.2) is 30.4 Å². The Morgan fingerprint density at radius 3 is 2.46 bits per heavy atom. The number of urea groups is 1. The first-order chi connectivity index (χ1) is 12.4. The minimum Gasteiger partial charge on any atom is -0.494 e. The van der Waals surface area contributed by atoms with Gasteiger partial charge in [-0.1, -0.05) is 29.8 Å². The van der Waals surface area contributed by atoms with E-state index in [9.17, 15) is 19.7 Å². The van der Waals surface area contributed by atoms with E-state index < -0.39 is 11.0 Å². The number of carbonyl (C=O) groups is 2. The van der Waals surface area contributed by atoms with E-state index in [1.165, 1.54) is 25.3 Å². The average Bonchev–Trinajstić information content (AvgIpc) is 2.62. The van der Waals surface area contributed by atoms with Crippen LogP contribution in [0.15, 0.2) is 42.5 Å². The summed E-state index contributed by atoms with van der Waals surface area (Å²) in [5, 5.41) is 15.9. The molecule has 0 fully saturated rings. The van der Waals surface area contributed by atoms with Crippen molar-refractivity contribution >= 4 is 23.2 Å². The van der Waals surface area contributed by atoms with E-state index >= 15 is 0 Å². The van der Waals surface area contributed by atoms with Gasteiger partial charge in [0, 0.05) is 24.6 Å². The summed E-state index contributed by atoms with van der Waals surface area (Å²) in [4.78, 5) is 34.2. The molecule has 0 unspecified atom stereocenters. The highest BCUT2D eigenvalue weighted by atomic mass is 16.6. The standard InChI is InChI=1S/C18H19N3O5/c1-12-3-5-13(6-4-12)16(22)9-10-19-18(23)20-15-8-7-14(21(24)25)11-17(15)26-2/h3-8,11H,9-10H2,1-2H3,(H2,19,20,23). The Morgan fingerprint density at radius 1 is 1.15 bits per heavy atom. The van der Waals surface area contributed by atoms with E-state index in [0.717, 1.165) is 5.56 Å². The summed E-state index contributed by atoms with van der Waals surface area (Å²) in [6, 6.07) is 10.5. The number of rotatable bonds is 7. The molecule has 0 heterocycles. The van der Waals surface area contributed by atoms with Crippen molar-refractivity contribution in [1.82, 2.24) is 5.32 Å². The molecule has 136 valence electrons. The van der Waals surface area contributed by atoms with E-state index in [1.54, 1.807) is 12.1 Å². The molecule has 0 aliphatic rings. The molecule has 2 N–H and O–H groups in total. The number of hydrogen-bond donors (Lipinski definition) is 2. The number of Topliss-reactive ketones (excluding diaryl/α,β-unsaturated/α-hetero) is 1. The molecule has 2 amide bonds. The largest absolute Gasteiger partial charge is 0.494 e. The van der Waals surface area contributed by atoms with E-state index in [1.807, 2.05) is 19.1 Å². The SMILES string of the molecule is COc1cc([N+](=O)[O-])ccc1NC(=O)NCCC(=O)c1ccc(C)cc1.